The molecule has 0 atom stereocenters. The normalized spacial score (nSPS) is 15.8. The number of piperazine rings is 1. The molecule has 104 valence electrons. The Morgan fingerprint density at radius 2 is 2.05 bits per heavy atom. The maximum Gasteiger partial charge on any atom is 0.236 e. The molecule has 1 amide bonds. The van der Waals surface area contributed by atoms with Crippen LogP contribution in [0, 0.1) is 5.82 Å². The summed E-state index contributed by atoms with van der Waals surface area (Å²) < 4.78 is 13.5. The van der Waals surface area contributed by atoms with E-state index in [1.54, 1.807) is 12.1 Å². The van der Waals surface area contributed by atoms with Crippen LogP contribution in [0.3, 0.4) is 0 Å². The van der Waals surface area contributed by atoms with Gasteiger partial charge in [0.2, 0.25) is 5.91 Å². The first-order chi connectivity index (χ1) is 9.16. The molecule has 1 heterocycles. The Balaban J connectivity index is 1.85. The Bertz CT molecular complexity index is 432. The molecule has 1 aliphatic rings. The molecule has 1 aromatic rings. The first kappa shape index (κ1) is 14.0. The molecule has 1 aromatic carbocycles. The minimum atomic E-state index is -0.219. The SMILES string of the molecule is CN(CC(=O)N1CCNCC1)Cc1ccccc1F. The van der Waals surface area contributed by atoms with Crippen LogP contribution in [0.5, 0.6) is 0 Å². The van der Waals surface area contributed by atoms with Crippen molar-refractivity contribution in [1.82, 2.24) is 15.1 Å². The second kappa shape index (κ2) is 6.63. The number of halogens is 1. The third-order valence-corrected chi connectivity index (χ3v) is 3.27. The lowest BCUT2D eigenvalue weighted by Crippen LogP contribution is -2.49. The summed E-state index contributed by atoms with van der Waals surface area (Å²) >= 11 is 0. The van der Waals surface area contributed by atoms with Crippen LogP contribution in [0.15, 0.2) is 24.3 Å². The maximum absolute atomic E-state index is 13.5. The largest absolute Gasteiger partial charge is 0.339 e. The van der Waals surface area contributed by atoms with Gasteiger partial charge in [-0.3, -0.25) is 9.69 Å². The number of nitrogens with one attached hydrogen (secondary N) is 1. The van der Waals surface area contributed by atoms with Crippen molar-refractivity contribution in [3.8, 4) is 0 Å². The predicted molar refractivity (Wildman–Crippen MR) is 72.2 cm³/mol. The summed E-state index contributed by atoms with van der Waals surface area (Å²) in [7, 11) is 1.84. The molecule has 0 spiro atoms. The quantitative estimate of drug-likeness (QED) is 0.870. The van der Waals surface area contributed by atoms with Crippen molar-refractivity contribution in [3.63, 3.8) is 0 Å². The van der Waals surface area contributed by atoms with E-state index in [0.29, 0.717) is 18.7 Å². The number of carbonyl (C=O) groups is 1. The highest BCUT2D eigenvalue weighted by atomic mass is 19.1. The van der Waals surface area contributed by atoms with Crippen LogP contribution in [0.4, 0.5) is 4.39 Å². The van der Waals surface area contributed by atoms with Gasteiger partial charge in [0.1, 0.15) is 5.82 Å². The molecule has 5 heteroatoms. The van der Waals surface area contributed by atoms with Gasteiger partial charge >= 0.3 is 0 Å². The average Bonchev–Trinajstić information content (AvgIpc) is 2.42. The van der Waals surface area contributed by atoms with Crippen molar-refractivity contribution in [2.45, 2.75) is 6.54 Å². The summed E-state index contributed by atoms with van der Waals surface area (Å²) in [6, 6.07) is 6.68. The molecule has 0 radical (unpaired) electrons. The van der Waals surface area contributed by atoms with Gasteiger partial charge in [0.15, 0.2) is 0 Å². The fourth-order valence-electron chi connectivity index (χ4n) is 2.22. The molecule has 0 aromatic heterocycles. The number of benzene rings is 1. The summed E-state index contributed by atoms with van der Waals surface area (Å²) in [6.45, 7) is 3.99. The van der Waals surface area contributed by atoms with Gasteiger partial charge < -0.3 is 10.2 Å². The third kappa shape index (κ3) is 4.01. The molecule has 19 heavy (non-hydrogen) atoms. The van der Waals surface area contributed by atoms with Gasteiger partial charge in [-0.05, 0) is 13.1 Å². The molecule has 2 rings (SSSR count). The van der Waals surface area contributed by atoms with E-state index in [1.165, 1.54) is 6.07 Å². The minimum Gasteiger partial charge on any atom is -0.339 e. The number of likely N-dealkylation sites (N-methyl/N-ethyl adjacent to an activating group) is 1. The van der Waals surface area contributed by atoms with Gasteiger partial charge in [-0.1, -0.05) is 18.2 Å². The van der Waals surface area contributed by atoms with Gasteiger partial charge in [0, 0.05) is 38.3 Å². The summed E-state index contributed by atoms with van der Waals surface area (Å²) in [5.74, 6) is -0.107. The molecular formula is C14H20FN3O. The van der Waals surface area contributed by atoms with Crippen LogP contribution >= 0.6 is 0 Å². The van der Waals surface area contributed by atoms with Gasteiger partial charge in [0.25, 0.3) is 0 Å². The zero-order chi connectivity index (χ0) is 13.7. The van der Waals surface area contributed by atoms with Crippen molar-refractivity contribution >= 4 is 5.91 Å². The number of nitrogens with zero attached hydrogens (tertiary/aromatic N) is 2. The number of carbonyl (C=O) groups excluding carboxylic acids is 1. The number of amides is 1. The Labute approximate surface area is 113 Å². The molecule has 1 N–H and O–H groups in total. The third-order valence-electron chi connectivity index (χ3n) is 3.27. The standard InChI is InChI=1S/C14H20FN3O/c1-17(10-12-4-2-3-5-13(12)15)11-14(19)18-8-6-16-7-9-18/h2-5,16H,6-11H2,1H3. The molecule has 1 saturated heterocycles. The van der Waals surface area contributed by atoms with Gasteiger partial charge in [-0.25, -0.2) is 4.39 Å². The Morgan fingerprint density at radius 1 is 1.37 bits per heavy atom. The summed E-state index contributed by atoms with van der Waals surface area (Å²) in [6.07, 6.45) is 0. The van der Waals surface area contributed by atoms with E-state index in [4.69, 9.17) is 0 Å². The second-order valence-corrected chi connectivity index (χ2v) is 4.89. The van der Waals surface area contributed by atoms with Crippen LogP contribution in [-0.4, -0.2) is 55.5 Å². The molecule has 0 aliphatic carbocycles. The smallest absolute Gasteiger partial charge is 0.236 e. The van der Waals surface area contributed by atoms with Gasteiger partial charge in [-0.15, -0.1) is 0 Å². The monoisotopic (exact) mass is 265 g/mol. The minimum absolute atomic E-state index is 0.111. The molecule has 0 saturated carbocycles. The van der Waals surface area contributed by atoms with E-state index in [-0.39, 0.29) is 11.7 Å². The first-order valence-corrected chi connectivity index (χ1v) is 6.57. The Hall–Kier alpha value is -1.46. The van der Waals surface area contributed by atoms with Gasteiger partial charge in [0.05, 0.1) is 6.54 Å². The second-order valence-electron chi connectivity index (χ2n) is 4.89. The van der Waals surface area contributed by atoms with Crippen molar-refractivity contribution in [2.24, 2.45) is 0 Å². The van der Waals surface area contributed by atoms with Crippen molar-refractivity contribution in [1.29, 1.82) is 0 Å². The Morgan fingerprint density at radius 3 is 2.74 bits per heavy atom. The van der Waals surface area contributed by atoms with E-state index in [1.807, 2.05) is 22.9 Å². The predicted octanol–water partition coefficient (Wildman–Crippen LogP) is 0.689. The van der Waals surface area contributed by atoms with Crippen LogP contribution in [0.25, 0.3) is 0 Å². The van der Waals surface area contributed by atoms with Crippen molar-refractivity contribution in [3.05, 3.63) is 35.6 Å². The number of rotatable bonds is 4. The van der Waals surface area contributed by atoms with Crippen LogP contribution in [0.1, 0.15) is 5.56 Å². The Kier molecular flexibility index (Phi) is 4.87. The molecular weight excluding hydrogens is 245 g/mol. The van der Waals surface area contributed by atoms with E-state index >= 15 is 0 Å². The first-order valence-electron chi connectivity index (χ1n) is 6.57. The summed E-state index contributed by atoms with van der Waals surface area (Å²) in [5.41, 5.74) is 0.623. The lowest BCUT2D eigenvalue weighted by Gasteiger charge is -2.29. The average molecular weight is 265 g/mol. The zero-order valence-corrected chi connectivity index (χ0v) is 11.2. The van der Waals surface area contributed by atoms with Crippen molar-refractivity contribution < 1.29 is 9.18 Å². The summed E-state index contributed by atoms with van der Waals surface area (Å²) in [4.78, 5) is 15.8. The van der Waals surface area contributed by atoms with Crippen LogP contribution < -0.4 is 5.32 Å². The highest BCUT2D eigenvalue weighted by Crippen LogP contribution is 2.09. The van der Waals surface area contributed by atoms with Crippen LogP contribution in [0.2, 0.25) is 0 Å². The van der Waals surface area contributed by atoms with Gasteiger partial charge in [-0.2, -0.15) is 0 Å². The molecule has 1 fully saturated rings. The topological polar surface area (TPSA) is 35.6 Å². The fraction of sp³-hybridized carbons (Fsp3) is 0.500. The molecule has 0 unspecified atom stereocenters. The molecule has 1 aliphatic heterocycles. The highest BCUT2D eigenvalue weighted by Gasteiger charge is 2.17. The van der Waals surface area contributed by atoms with E-state index in [2.05, 4.69) is 5.32 Å². The number of hydrogen-bond donors (Lipinski definition) is 1. The maximum atomic E-state index is 13.5. The van der Waals surface area contributed by atoms with E-state index in [9.17, 15) is 9.18 Å². The van der Waals surface area contributed by atoms with Crippen LogP contribution in [-0.2, 0) is 11.3 Å². The molecule has 0 bridgehead atoms. The highest BCUT2D eigenvalue weighted by molar-refractivity contribution is 5.78. The van der Waals surface area contributed by atoms with E-state index in [0.717, 1.165) is 26.2 Å². The fourth-order valence-corrected chi connectivity index (χ4v) is 2.22. The summed E-state index contributed by atoms with van der Waals surface area (Å²) in [5, 5.41) is 3.21. The zero-order valence-electron chi connectivity index (χ0n) is 11.2. The van der Waals surface area contributed by atoms with Crippen molar-refractivity contribution in [2.75, 3.05) is 39.8 Å². The lowest BCUT2D eigenvalue weighted by molar-refractivity contribution is -0.132. The number of hydrogen-bond acceptors (Lipinski definition) is 3. The molecule has 4 nitrogen and oxygen atoms in total. The van der Waals surface area contributed by atoms with E-state index < -0.39 is 0 Å². The lowest BCUT2D eigenvalue weighted by atomic mass is 10.2.